The molecule has 27 heavy (non-hydrogen) atoms. The third-order valence-corrected chi connectivity index (χ3v) is 5.45. The minimum atomic E-state index is 0. The van der Waals surface area contributed by atoms with Gasteiger partial charge in [-0.25, -0.2) is 0 Å². The van der Waals surface area contributed by atoms with Crippen LogP contribution in [0, 0.1) is 48.5 Å². The second-order valence-corrected chi connectivity index (χ2v) is 7.20. The largest absolute Gasteiger partial charge is 3.00 e. The van der Waals surface area contributed by atoms with Crippen LogP contribution in [0.4, 0.5) is 0 Å². The molecule has 1 aliphatic carbocycles. The first kappa shape index (κ1) is 34.5. The first-order valence-corrected chi connectivity index (χ1v) is 8.62. The fourth-order valence-corrected chi connectivity index (χ4v) is 3.66. The van der Waals surface area contributed by atoms with Crippen molar-refractivity contribution in [2.24, 2.45) is 5.92 Å². The summed E-state index contributed by atoms with van der Waals surface area (Å²) in [4.78, 5) is 0. The molecule has 0 amide bonds. The number of hydrogen-bond acceptors (Lipinski definition) is 0. The van der Waals surface area contributed by atoms with Crippen LogP contribution in [0.3, 0.4) is 0 Å². The van der Waals surface area contributed by atoms with E-state index in [1.807, 2.05) is 0 Å². The fourth-order valence-electron chi connectivity index (χ4n) is 2.98. The summed E-state index contributed by atoms with van der Waals surface area (Å²) in [7, 11) is 3.79. The van der Waals surface area contributed by atoms with Crippen LogP contribution in [0.25, 0.3) is 6.08 Å². The first-order valence-electron chi connectivity index (χ1n) is 8.04. The van der Waals surface area contributed by atoms with Gasteiger partial charge in [0, 0.05) is 10.2 Å². The van der Waals surface area contributed by atoms with E-state index >= 15 is 0 Å². The maximum Gasteiger partial charge on any atom is 3.00 e. The van der Waals surface area contributed by atoms with Gasteiger partial charge in [-0.1, -0.05) is 77.5 Å². The molecule has 4 heteroatoms. The molecule has 148 valence electrons. The van der Waals surface area contributed by atoms with Crippen molar-refractivity contribution in [1.82, 2.24) is 0 Å². The van der Waals surface area contributed by atoms with Crippen molar-refractivity contribution in [3.8, 4) is 0 Å². The Morgan fingerprint density at radius 2 is 1.33 bits per heavy atom. The van der Waals surface area contributed by atoms with Crippen LogP contribution in [-0.2, 0) is 26.2 Å². The minimum Gasteiger partial charge on any atom is -1.00 e. The van der Waals surface area contributed by atoms with Crippen molar-refractivity contribution < 1.29 is 51.0 Å². The Bertz CT molecular complexity index is 680. The normalized spacial score (nSPS) is 13.2. The number of hydrogen-bond donors (Lipinski definition) is 0. The molecule has 4 radical (unpaired) electrons. The zero-order chi connectivity index (χ0) is 16.4. The van der Waals surface area contributed by atoms with Gasteiger partial charge in [-0.05, 0) is 22.6 Å². The van der Waals surface area contributed by atoms with E-state index in [0.717, 1.165) is 0 Å². The summed E-state index contributed by atoms with van der Waals surface area (Å²) in [6.07, 6.45) is 2.30. The molecule has 0 heterocycles. The van der Waals surface area contributed by atoms with Crippen molar-refractivity contribution in [2.45, 2.75) is 47.1 Å². The Labute approximate surface area is 203 Å². The molecule has 1 unspecified atom stereocenters. The van der Waals surface area contributed by atoms with Crippen molar-refractivity contribution in [1.29, 1.82) is 0 Å². The molecule has 0 aromatic heterocycles. The average Bonchev–Trinajstić information content (AvgIpc) is 2.93. The Morgan fingerprint density at radius 1 is 0.889 bits per heavy atom. The zero-order valence-electron chi connectivity index (χ0n) is 17.9. The van der Waals surface area contributed by atoms with Crippen molar-refractivity contribution in [2.75, 3.05) is 0 Å². The van der Waals surface area contributed by atoms with Gasteiger partial charge in [0.1, 0.15) is 0 Å². The van der Waals surface area contributed by atoms with Gasteiger partial charge in [0.25, 0.3) is 0 Å². The summed E-state index contributed by atoms with van der Waals surface area (Å²) >= 11 is 0. The monoisotopic (exact) mass is 496 g/mol. The van der Waals surface area contributed by atoms with Crippen molar-refractivity contribution in [3.63, 3.8) is 0 Å². The molecule has 1 atom stereocenters. The smallest absolute Gasteiger partial charge is 1.00 e. The summed E-state index contributed by atoms with van der Waals surface area (Å²) < 4.78 is 0. The zero-order valence-corrected chi connectivity index (χ0v) is 22.8. The van der Waals surface area contributed by atoms with Gasteiger partial charge in [-0.15, -0.1) is 0 Å². The van der Waals surface area contributed by atoms with Crippen LogP contribution in [0.15, 0.2) is 35.9 Å². The van der Waals surface area contributed by atoms with Gasteiger partial charge >= 0.3 is 26.2 Å². The van der Waals surface area contributed by atoms with E-state index in [4.69, 9.17) is 0 Å². The van der Waals surface area contributed by atoms with Crippen molar-refractivity contribution >= 4 is 16.3 Å². The predicted octanol–water partition coefficient (Wildman–Crippen LogP) is 0.494. The minimum absolute atomic E-state index is 0. The quantitative estimate of drug-likeness (QED) is 0.397. The summed E-state index contributed by atoms with van der Waals surface area (Å²) in [5, 5.41) is 0. The number of rotatable bonds is 1. The van der Waals surface area contributed by atoms with Gasteiger partial charge in [-0.3, -0.25) is 0 Å². The van der Waals surface area contributed by atoms with Gasteiger partial charge in [0.05, 0.1) is 0 Å². The van der Waals surface area contributed by atoms with Gasteiger partial charge in [-0.2, -0.15) is 28.3 Å². The summed E-state index contributed by atoms with van der Waals surface area (Å²) in [6.45, 7) is 13.2. The molecular weight excluding hydrogens is 466 g/mol. The standard InChI is InChI=1S/C12H13Si.C9H13.2CH3.2ClH.Zr/c1-8(2)11-7-9-5-3-4-6-10(9)12(11)13;1-6-5-7(2)9(4)8(6)3;;;;;/h3-8,12H,1-2H3;5H,1-4H3;2*1H3;2*1H;/q;3*-1;;;+3/p-2. The second-order valence-electron chi connectivity index (χ2n) is 6.62. The Kier molecular flexibility index (Phi) is 19.1. The van der Waals surface area contributed by atoms with E-state index < -0.39 is 0 Å². The number of benzene rings is 1. The van der Waals surface area contributed by atoms with Crippen LogP contribution in [0.1, 0.15) is 52.8 Å². The summed E-state index contributed by atoms with van der Waals surface area (Å²) in [6, 6.07) is 10.8. The number of halogens is 2. The van der Waals surface area contributed by atoms with Crippen molar-refractivity contribution in [3.05, 3.63) is 84.1 Å². The van der Waals surface area contributed by atoms with E-state index in [-0.39, 0.29) is 65.9 Å². The third kappa shape index (κ3) is 8.09. The van der Waals surface area contributed by atoms with Crippen LogP contribution in [-0.4, -0.2) is 10.2 Å². The molecule has 0 aliphatic heterocycles. The second kappa shape index (κ2) is 14.9. The molecule has 0 bridgehead atoms. The molecule has 0 nitrogen and oxygen atoms in total. The topological polar surface area (TPSA) is 0 Å². The number of aryl methyl sites for hydroxylation is 2. The van der Waals surface area contributed by atoms with Gasteiger partial charge in [0.15, 0.2) is 0 Å². The number of allylic oxidation sites excluding steroid dienone is 1. The summed E-state index contributed by atoms with van der Waals surface area (Å²) in [5.74, 6) is 0.620. The van der Waals surface area contributed by atoms with E-state index in [1.165, 1.54) is 39.0 Å². The summed E-state index contributed by atoms with van der Waals surface area (Å²) in [5.41, 5.74) is 10.4. The first-order chi connectivity index (χ1) is 10.3. The molecule has 0 N–H and O–H groups in total. The molecule has 2 aromatic rings. The molecule has 0 fully saturated rings. The van der Waals surface area contributed by atoms with E-state index in [1.54, 1.807) is 0 Å². The average molecular weight is 499 g/mol. The Hall–Kier alpha value is -0.01000. The maximum absolute atomic E-state index is 3.79. The molecule has 1 aliphatic rings. The van der Waals surface area contributed by atoms with Gasteiger partial charge in [0.2, 0.25) is 0 Å². The predicted molar refractivity (Wildman–Crippen MR) is 112 cm³/mol. The molecule has 0 saturated heterocycles. The van der Waals surface area contributed by atoms with Crippen LogP contribution >= 0.6 is 0 Å². The number of fused-ring (bicyclic) bond motifs is 1. The Morgan fingerprint density at radius 3 is 1.67 bits per heavy atom. The van der Waals surface area contributed by atoms with Crippen LogP contribution in [0.5, 0.6) is 0 Å². The van der Waals surface area contributed by atoms with E-state index in [9.17, 15) is 0 Å². The molecule has 2 aromatic carbocycles. The van der Waals surface area contributed by atoms with Gasteiger partial charge < -0.3 is 39.7 Å². The SMILES string of the molecule is CC(C)C1=Cc2ccccc2C1[Si].Cc1[cH-]c(C)c(C)c1C.[CH3-].[CH3-].[Cl-].[Cl-].[Zr+3]. The van der Waals surface area contributed by atoms with Crippen LogP contribution in [0.2, 0.25) is 0 Å². The maximum atomic E-state index is 3.79. The van der Waals surface area contributed by atoms with Crippen LogP contribution < -0.4 is 24.8 Å². The fraction of sp³-hybridized carbons (Fsp3) is 0.348. The third-order valence-electron chi connectivity index (χ3n) is 4.81. The van der Waals surface area contributed by atoms with E-state index in [0.29, 0.717) is 11.5 Å². The van der Waals surface area contributed by atoms with E-state index in [2.05, 4.69) is 88.2 Å². The molecule has 3 rings (SSSR count). The Balaban J connectivity index is -0.000000172. The molecule has 0 saturated carbocycles. The molecular formula is C23H32Cl2SiZr-2. The molecule has 0 spiro atoms.